The lowest BCUT2D eigenvalue weighted by atomic mass is 9.84. The molecule has 0 aliphatic heterocycles. The van der Waals surface area contributed by atoms with Crippen LogP contribution in [-0.4, -0.2) is 35.6 Å². The SMILES string of the molecule is CCC1CCCC(NC(=NC)NCCS(=O)c2ccccc2)C1. The molecule has 23 heavy (non-hydrogen) atoms. The van der Waals surface area contributed by atoms with E-state index in [1.54, 1.807) is 7.05 Å². The Morgan fingerprint density at radius 2 is 2.09 bits per heavy atom. The lowest BCUT2D eigenvalue weighted by Gasteiger charge is -2.30. The van der Waals surface area contributed by atoms with E-state index in [4.69, 9.17) is 0 Å². The average molecular weight is 336 g/mol. The zero-order valence-corrected chi connectivity index (χ0v) is 15.1. The Balaban J connectivity index is 1.74. The topological polar surface area (TPSA) is 53.5 Å². The molecule has 2 N–H and O–H groups in total. The Hall–Kier alpha value is -1.36. The molecule has 1 saturated carbocycles. The largest absolute Gasteiger partial charge is 0.355 e. The summed E-state index contributed by atoms with van der Waals surface area (Å²) in [5.41, 5.74) is 0. The molecule has 3 atom stereocenters. The first-order valence-corrected chi connectivity index (χ1v) is 9.95. The fourth-order valence-electron chi connectivity index (χ4n) is 3.13. The molecule has 1 fully saturated rings. The highest BCUT2D eigenvalue weighted by atomic mass is 32.2. The highest BCUT2D eigenvalue weighted by Gasteiger charge is 2.21. The molecule has 1 aliphatic carbocycles. The van der Waals surface area contributed by atoms with E-state index in [-0.39, 0.29) is 0 Å². The van der Waals surface area contributed by atoms with Gasteiger partial charge in [0.1, 0.15) is 0 Å². The van der Waals surface area contributed by atoms with Crippen LogP contribution in [-0.2, 0) is 10.8 Å². The number of rotatable bonds is 6. The number of guanidine groups is 1. The van der Waals surface area contributed by atoms with E-state index in [9.17, 15) is 4.21 Å². The Morgan fingerprint density at radius 3 is 2.78 bits per heavy atom. The smallest absolute Gasteiger partial charge is 0.191 e. The molecule has 0 spiro atoms. The van der Waals surface area contributed by atoms with Gasteiger partial charge < -0.3 is 10.6 Å². The van der Waals surface area contributed by atoms with Crippen molar-refractivity contribution < 1.29 is 4.21 Å². The molecule has 4 nitrogen and oxygen atoms in total. The van der Waals surface area contributed by atoms with Crippen molar-refractivity contribution >= 4 is 16.8 Å². The van der Waals surface area contributed by atoms with Crippen LogP contribution in [0.4, 0.5) is 0 Å². The molecule has 3 unspecified atom stereocenters. The third-order valence-corrected chi connectivity index (χ3v) is 5.88. The minimum absolute atomic E-state index is 0.513. The van der Waals surface area contributed by atoms with Gasteiger partial charge in [-0.25, -0.2) is 0 Å². The second-order valence-corrected chi connectivity index (χ2v) is 7.71. The maximum Gasteiger partial charge on any atom is 0.191 e. The van der Waals surface area contributed by atoms with Gasteiger partial charge in [-0.2, -0.15) is 0 Å². The standard InChI is InChI=1S/C18H29N3OS/c1-3-15-8-7-9-16(14-15)21-18(19-2)20-12-13-23(22)17-10-5-4-6-11-17/h4-6,10-11,15-16H,3,7-9,12-14H2,1-2H3,(H2,19,20,21). The van der Waals surface area contributed by atoms with Gasteiger partial charge in [0.15, 0.2) is 5.96 Å². The van der Waals surface area contributed by atoms with E-state index >= 15 is 0 Å². The fourth-order valence-corrected chi connectivity index (χ4v) is 4.12. The molecule has 1 aromatic carbocycles. The summed E-state index contributed by atoms with van der Waals surface area (Å²) in [4.78, 5) is 5.18. The van der Waals surface area contributed by atoms with Gasteiger partial charge in [0, 0.05) is 30.3 Å². The summed E-state index contributed by atoms with van der Waals surface area (Å²) in [5, 5.41) is 6.82. The maximum absolute atomic E-state index is 12.2. The molecule has 2 rings (SSSR count). The average Bonchev–Trinajstić information content (AvgIpc) is 2.61. The molecule has 1 aromatic rings. The first-order valence-electron chi connectivity index (χ1n) is 8.63. The van der Waals surface area contributed by atoms with Gasteiger partial charge in [-0.05, 0) is 30.9 Å². The van der Waals surface area contributed by atoms with Crippen LogP contribution >= 0.6 is 0 Å². The van der Waals surface area contributed by atoms with E-state index < -0.39 is 10.8 Å². The van der Waals surface area contributed by atoms with Gasteiger partial charge in [0.25, 0.3) is 0 Å². The number of benzene rings is 1. The Bertz CT molecular complexity index is 518. The second kappa shape index (κ2) is 9.71. The second-order valence-electron chi connectivity index (χ2n) is 6.14. The van der Waals surface area contributed by atoms with Crippen molar-refractivity contribution in [2.24, 2.45) is 10.9 Å². The van der Waals surface area contributed by atoms with Crippen LogP contribution in [0.1, 0.15) is 39.0 Å². The summed E-state index contributed by atoms with van der Waals surface area (Å²) in [6.45, 7) is 2.93. The van der Waals surface area contributed by atoms with Crippen molar-refractivity contribution in [1.82, 2.24) is 10.6 Å². The fraction of sp³-hybridized carbons (Fsp3) is 0.611. The van der Waals surface area contributed by atoms with Crippen LogP contribution in [0, 0.1) is 5.92 Å². The number of nitrogens with one attached hydrogen (secondary N) is 2. The van der Waals surface area contributed by atoms with Gasteiger partial charge in [-0.15, -0.1) is 0 Å². The molecule has 0 heterocycles. The minimum Gasteiger partial charge on any atom is -0.355 e. The summed E-state index contributed by atoms with van der Waals surface area (Å²) in [6, 6.07) is 10.1. The van der Waals surface area contributed by atoms with Gasteiger partial charge in [-0.3, -0.25) is 9.20 Å². The zero-order chi connectivity index (χ0) is 16.5. The van der Waals surface area contributed by atoms with Gasteiger partial charge in [0.05, 0.1) is 10.8 Å². The van der Waals surface area contributed by atoms with Crippen LogP contribution in [0.3, 0.4) is 0 Å². The quantitative estimate of drug-likeness (QED) is 0.621. The van der Waals surface area contributed by atoms with Crippen molar-refractivity contribution in [3.63, 3.8) is 0 Å². The Labute approximate surface area is 142 Å². The molecule has 0 amide bonds. The summed E-state index contributed by atoms with van der Waals surface area (Å²) in [7, 11) is 0.834. The Kier molecular flexibility index (Phi) is 7.59. The molecule has 1 aliphatic rings. The lowest BCUT2D eigenvalue weighted by Crippen LogP contribution is -2.46. The van der Waals surface area contributed by atoms with Crippen LogP contribution in [0.2, 0.25) is 0 Å². The molecule has 0 bridgehead atoms. The van der Waals surface area contributed by atoms with Crippen LogP contribution in [0.5, 0.6) is 0 Å². The van der Waals surface area contributed by atoms with E-state index in [1.807, 2.05) is 30.3 Å². The predicted octanol–water partition coefficient (Wildman–Crippen LogP) is 2.93. The summed E-state index contributed by atoms with van der Waals surface area (Å²) in [6.07, 6.45) is 6.36. The molecule has 128 valence electrons. The maximum atomic E-state index is 12.2. The molecular weight excluding hydrogens is 306 g/mol. The van der Waals surface area contributed by atoms with Gasteiger partial charge >= 0.3 is 0 Å². The third kappa shape index (κ3) is 5.98. The first-order chi connectivity index (χ1) is 11.2. The van der Waals surface area contributed by atoms with Gasteiger partial charge in [-0.1, -0.05) is 44.4 Å². The minimum atomic E-state index is -0.961. The molecule has 0 radical (unpaired) electrons. The van der Waals surface area contributed by atoms with E-state index in [2.05, 4.69) is 22.5 Å². The zero-order valence-electron chi connectivity index (χ0n) is 14.3. The summed E-state index contributed by atoms with van der Waals surface area (Å²) in [5.74, 6) is 2.26. The first kappa shape index (κ1) is 18.0. The Morgan fingerprint density at radius 1 is 1.30 bits per heavy atom. The van der Waals surface area contributed by atoms with Crippen molar-refractivity contribution in [1.29, 1.82) is 0 Å². The van der Waals surface area contributed by atoms with Crippen molar-refractivity contribution in [2.75, 3.05) is 19.3 Å². The summed E-state index contributed by atoms with van der Waals surface area (Å²) < 4.78 is 12.2. The molecular formula is C18H29N3OS. The van der Waals surface area contributed by atoms with E-state index in [1.165, 1.54) is 32.1 Å². The number of nitrogens with zero attached hydrogens (tertiary/aromatic N) is 1. The van der Waals surface area contributed by atoms with Crippen LogP contribution < -0.4 is 10.6 Å². The monoisotopic (exact) mass is 335 g/mol. The highest BCUT2D eigenvalue weighted by Crippen LogP contribution is 2.26. The summed E-state index contributed by atoms with van der Waals surface area (Å²) >= 11 is 0. The van der Waals surface area contributed by atoms with Crippen LogP contribution in [0.25, 0.3) is 0 Å². The van der Waals surface area contributed by atoms with Crippen molar-refractivity contribution in [3.8, 4) is 0 Å². The third-order valence-electron chi connectivity index (χ3n) is 4.51. The lowest BCUT2D eigenvalue weighted by molar-refractivity contribution is 0.298. The van der Waals surface area contributed by atoms with Gasteiger partial charge in [0.2, 0.25) is 0 Å². The van der Waals surface area contributed by atoms with E-state index in [0.29, 0.717) is 18.3 Å². The normalized spacial score (nSPS) is 23.3. The number of hydrogen-bond acceptors (Lipinski definition) is 2. The van der Waals surface area contributed by atoms with Crippen molar-refractivity contribution in [2.45, 2.75) is 50.0 Å². The molecule has 0 saturated heterocycles. The molecule has 0 aromatic heterocycles. The predicted molar refractivity (Wildman–Crippen MR) is 98.3 cm³/mol. The van der Waals surface area contributed by atoms with Crippen LogP contribution in [0.15, 0.2) is 40.2 Å². The highest BCUT2D eigenvalue weighted by molar-refractivity contribution is 7.85. The molecule has 5 heteroatoms. The number of aliphatic imine (C=N–C) groups is 1. The van der Waals surface area contributed by atoms with Crippen molar-refractivity contribution in [3.05, 3.63) is 30.3 Å². The number of hydrogen-bond donors (Lipinski definition) is 2. The van der Waals surface area contributed by atoms with E-state index in [0.717, 1.165) is 16.8 Å².